The van der Waals surface area contributed by atoms with Crippen LogP contribution in [0.15, 0.2) is 59.5 Å². The third-order valence-corrected chi connectivity index (χ3v) is 4.59. The second-order valence-electron chi connectivity index (χ2n) is 5.02. The van der Waals surface area contributed by atoms with E-state index in [0.717, 1.165) is 17.5 Å². The highest BCUT2D eigenvalue weighted by Crippen LogP contribution is 2.15. The zero-order valence-corrected chi connectivity index (χ0v) is 13.3. The highest BCUT2D eigenvalue weighted by atomic mass is 32.2. The molecule has 2 N–H and O–H groups in total. The molecule has 0 saturated carbocycles. The van der Waals surface area contributed by atoms with Crippen molar-refractivity contribution in [1.29, 1.82) is 0 Å². The number of rotatable bonds is 4. The number of nitrogens with zero attached hydrogens (tertiary/aromatic N) is 1. The molecular weight excluding hydrogens is 352 g/mol. The molecule has 2 aromatic carbocycles. The van der Waals surface area contributed by atoms with Gasteiger partial charge in [-0.1, -0.05) is 24.3 Å². The molecule has 0 unspecified atom stereocenters. The molecule has 9 heteroatoms. The summed E-state index contributed by atoms with van der Waals surface area (Å²) in [4.78, 5) is 17.1. The lowest BCUT2D eigenvalue weighted by Crippen LogP contribution is -2.42. The van der Waals surface area contributed by atoms with Crippen molar-refractivity contribution in [3.8, 4) is 0 Å². The van der Waals surface area contributed by atoms with Crippen molar-refractivity contribution in [1.82, 2.24) is 15.2 Å². The predicted molar refractivity (Wildman–Crippen MR) is 85.9 cm³/mol. The van der Waals surface area contributed by atoms with Crippen molar-refractivity contribution < 1.29 is 22.0 Å². The average Bonchev–Trinajstić information content (AvgIpc) is 2.59. The number of fused-ring (bicyclic) bond motifs is 1. The molecule has 1 amide bonds. The van der Waals surface area contributed by atoms with E-state index in [2.05, 4.69) is 4.98 Å². The Morgan fingerprint density at radius 2 is 1.76 bits per heavy atom. The Morgan fingerprint density at radius 3 is 2.52 bits per heavy atom. The maximum Gasteiger partial charge on any atom is 0.284 e. The number of carbonyl (C=O) groups excluding carboxylic acids is 1. The molecule has 0 aliphatic heterocycles. The molecule has 0 saturated heterocycles. The smallest absolute Gasteiger partial charge is 0.272 e. The Labute approximate surface area is 141 Å². The minimum atomic E-state index is -4.40. The molecule has 6 nitrogen and oxygen atoms in total. The van der Waals surface area contributed by atoms with E-state index in [0.29, 0.717) is 11.6 Å². The number of pyridine rings is 1. The number of sulfonamides is 1. The normalized spacial score (nSPS) is 11.4. The van der Waals surface area contributed by atoms with E-state index in [9.17, 15) is 22.0 Å². The molecule has 0 aliphatic rings. The molecule has 0 fully saturated rings. The molecule has 25 heavy (non-hydrogen) atoms. The van der Waals surface area contributed by atoms with Gasteiger partial charge in [0.15, 0.2) is 0 Å². The first kappa shape index (κ1) is 16.9. The van der Waals surface area contributed by atoms with Crippen molar-refractivity contribution in [3.63, 3.8) is 0 Å². The van der Waals surface area contributed by atoms with Crippen LogP contribution in [-0.4, -0.2) is 19.3 Å². The summed E-state index contributed by atoms with van der Waals surface area (Å²) in [7, 11) is -4.40. The number of hydrogen-bond acceptors (Lipinski definition) is 4. The third-order valence-electron chi connectivity index (χ3n) is 3.31. The van der Waals surface area contributed by atoms with Crippen LogP contribution in [0.5, 0.6) is 0 Å². The van der Waals surface area contributed by atoms with Gasteiger partial charge in [0.2, 0.25) is 0 Å². The lowest BCUT2D eigenvalue weighted by Gasteiger charge is -2.09. The number of carbonyl (C=O) groups is 1. The first-order chi connectivity index (χ1) is 11.9. The quantitative estimate of drug-likeness (QED) is 0.695. The third kappa shape index (κ3) is 3.62. The summed E-state index contributed by atoms with van der Waals surface area (Å²) < 4.78 is 50.5. The number of amides is 1. The lowest BCUT2D eigenvalue weighted by molar-refractivity contribution is 0.0940. The Bertz CT molecular complexity index is 1070. The molecule has 0 radical (unpaired) electrons. The van der Waals surface area contributed by atoms with Gasteiger partial charge in [0, 0.05) is 11.5 Å². The highest BCUT2D eigenvalue weighted by Gasteiger charge is 2.21. The minimum absolute atomic E-state index is 0.0269. The maximum absolute atomic E-state index is 13.6. The van der Waals surface area contributed by atoms with E-state index in [1.807, 2.05) is 17.6 Å². The van der Waals surface area contributed by atoms with Crippen LogP contribution in [0.1, 0.15) is 10.5 Å². The summed E-state index contributed by atoms with van der Waals surface area (Å²) in [6, 6.07) is 12.1. The Morgan fingerprint density at radius 1 is 1.00 bits per heavy atom. The summed E-state index contributed by atoms with van der Waals surface area (Å²) in [5.41, 5.74) is 2.48. The minimum Gasteiger partial charge on any atom is -0.272 e. The van der Waals surface area contributed by atoms with Crippen LogP contribution < -0.4 is 10.3 Å². The summed E-state index contributed by atoms with van der Waals surface area (Å²) in [6.07, 6.45) is 0. The number of aromatic nitrogens is 1. The van der Waals surface area contributed by atoms with Crippen LogP contribution in [0.3, 0.4) is 0 Å². The van der Waals surface area contributed by atoms with E-state index < -0.39 is 32.5 Å². The number of hydrogen-bond donors (Lipinski definition) is 2. The predicted octanol–water partition coefficient (Wildman–Crippen LogP) is 2.14. The zero-order chi connectivity index (χ0) is 18.0. The van der Waals surface area contributed by atoms with Gasteiger partial charge >= 0.3 is 0 Å². The second-order valence-corrected chi connectivity index (χ2v) is 6.67. The van der Waals surface area contributed by atoms with Crippen molar-refractivity contribution in [2.45, 2.75) is 4.90 Å². The number of halogens is 2. The van der Waals surface area contributed by atoms with Gasteiger partial charge in [-0.05, 0) is 24.3 Å². The van der Waals surface area contributed by atoms with Gasteiger partial charge in [0.25, 0.3) is 15.9 Å². The van der Waals surface area contributed by atoms with E-state index in [1.54, 1.807) is 23.0 Å². The Kier molecular flexibility index (Phi) is 4.43. The summed E-state index contributed by atoms with van der Waals surface area (Å²) >= 11 is 0. The van der Waals surface area contributed by atoms with Gasteiger partial charge in [0.05, 0.1) is 5.52 Å². The van der Waals surface area contributed by atoms with Gasteiger partial charge in [-0.3, -0.25) is 10.2 Å². The number of hydrazine groups is 1. The Balaban J connectivity index is 1.78. The van der Waals surface area contributed by atoms with Crippen LogP contribution >= 0.6 is 0 Å². The topological polar surface area (TPSA) is 88.2 Å². The number of para-hydroxylation sites is 1. The zero-order valence-electron chi connectivity index (χ0n) is 12.5. The van der Waals surface area contributed by atoms with Crippen molar-refractivity contribution in [2.75, 3.05) is 0 Å². The van der Waals surface area contributed by atoms with Crippen molar-refractivity contribution >= 4 is 26.8 Å². The van der Waals surface area contributed by atoms with Crippen LogP contribution in [0.2, 0.25) is 0 Å². The van der Waals surface area contributed by atoms with Gasteiger partial charge in [0.1, 0.15) is 22.2 Å². The fourth-order valence-electron chi connectivity index (χ4n) is 2.12. The molecule has 0 spiro atoms. The molecule has 3 aromatic rings. The first-order valence-electron chi connectivity index (χ1n) is 7.00. The molecule has 128 valence electrons. The monoisotopic (exact) mass is 363 g/mol. The molecule has 3 rings (SSSR count). The highest BCUT2D eigenvalue weighted by molar-refractivity contribution is 7.89. The lowest BCUT2D eigenvalue weighted by atomic mass is 10.2. The maximum atomic E-state index is 13.6. The van der Waals surface area contributed by atoms with Gasteiger partial charge in [-0.15, -0.1) is 4.83 Å². The van der Waals surface area contributed by atoms with Crippen LogP contribution in [0, 0.1) is 11.6 Å². The molecule has 0 atom stereocenters. The fourth-order valence-corrected chi connectivity index (χ4v) is 3.02. The van der Waals surface area contributed by atoms with Gasteiger partial charge in [-0.25, -0.2) is 22.2 Å². The molecule has 0 aliphatic carbocycles. The summed E-state index contributed by atoms with van der Waals surface area (Å²) in [5.74, 6) is -3.01. The van der Waals surface area contributed by atoms with Gasteiger partial charge < -0.3 is 0 Å². The van der Waals surface area contributed by atoms with E-state index in [-0.39, 0.29) is 5.69 Å². The first-order valence-corrected chi connectivity index (χ1v) is 8.48. The van der Waals surface area contributed by atoms with E-state index in [1.165, 1.54) is 6.07 Å². The second kappa shape index (κ2) is 6.54. The summed E-state index contributed by atoms with van der Waals surface area (Å²) in [5, 5.41) is 0.813. The number of benzene rings is 2. The number of nitrogens with one attached hydrogen (secondary N) is 2. The largest absolute Gasteiger partial charge is 0.284 e. The van der Waals surface area contributed by atoms with E-state index in [4.69, 9.17) is 0 Å². The SMILES string of the molecule is O=C(NNS(=O)(=O)c1ccc(F)cc1F)c1ccc2ccccc2n1. The molecule has 1 heterocycles. The van der Waals surface area contributed by atoms with Crippen molar-refractivity contribution in [3.05, 3.63) is 71.9 Å². The van der Waals surface area contributed by atoms with Gasteiger partial charge in [-0.2, -0.15) is 0 Å². The van der Waals surface area contributed by atoms with Crippen LogP contribution in [-0.2, 0) is 10.0 Å². The Hall–Kier alpha value is -2.91. The van der Waals surface area contributed by atoms with Crippen LogP contribution in [0.25, 0.3) is 10.9 Å². The summed E-state index contributed by atoms with van der Waals surface area (Å²) in [6.45, 7) is 0. The van der Waals surface area contributed by atoms with Crippen molar-refractivity contribution in [2.24, 2.45) is 0 Å². The molecule has 0 bridgehead atoms. The van der Waals surface area contributed by atoms with E-state index >= 15 is 0 Å². The molecular formula is C16H11F2N3O3S. The standard InChI is InChI=1S/C16H11F2N3O3S/c17-11-6-8-15(12(18)9-11)25(23,24)21-20-16(22)14-7-5-10-3-1-2-4-13(10)19-14/h1-9,21H,(H,20,22). The fraction of sp³-hybridized carbons (Fsp3) is 0. The van der Waals surface area contributed by atoms with Crippen LogP contribution in [0.4, 0.5) is 8.78 Å². The molecule has 1 aromatic heterocycles. The average molecular weight is 363 g/mol.